The molecule has 0 aliphatic rings. The molecule has 2 heterocycles. The molecule has 1 aromatic carbocycles. The molecule has 160 valence electrons. The number of sulfonamides is 1. The van der Waals surface area contributed by atoms with Crippen LogP contribution in [0.1, 0.15) is 32.8 Å². The molecule has 0 spiro atoms. The summed E-state index contributed by atoms with van der Waals surface area (Å²) in [5.74, 6) is -0.0588. The van der Waals surface area contributed by atoms with E-state index in [9.17, 15) is 13.2 Å². The molecule has 0 fully saturated rings. The van der Waals surface area contributed by atoms with Crippen LogP contribution in [0, 0.1) is 5.41 Å². The van der Waals surface area contributed by atoms with E-state index in [0.29, 0.717) is 18.5 Å². The number of hydrogen-bond donors (Lipinski definition) is 1. The summed E-state index contributed by atoms with van der Waals surface area (Å²) in [5, 5.41) is 3.60. The molecule has 0 saturated carbocycles. The van der Waals surface area contributed by atoms with Gasteiger partial charge in [0.1, 0.15) is 5.58 Å². The first-order valence-electron chi connectivity index (χ1n) is 9.82. The van der Waals surface area contributed by atoms with Crippen molar-refractivity contribution in [3.63, 3.8) is 0 Å². The van der Waals surface area contributed by atoms with Gasteiger partial charge in [-0.25, -0.2) is 8.42 Å². The first kappa shape index (κ1) is 22.0. The van der Waals surface area contributed by atoms with E-state index < -0.39 is 15.4 Å². The fourth-order valence-corrected chi connectivity index (χ4v) is 4.46. The van der Waals surface area contributed by atoms with Gasteiger partial charge in [0.05, 0.1) is 11.2 Å². The van der Waals surface area contributed by atoms with E-state index >= 15 is 0 Å². The monoisotopic (exact) mass is 429 g/mol. The Bertz CT molecular complexity index is 1100. The maximum Gasteiger partial charge on any atom is 0.243 e. The SMILES string of the molecule is CC(C)(C)C(=O)NCCCN(Cc1ccncc1)S(=O)(=O)c1ccc2occc2c1. The number of amides is 1. The molecule has 7 nitrogen and oxygen atoms in total. The van der Waals surface area contributed by atoms with E-state index in [4.69, 9.17) is 4.42 Å². The highest BCUT2D eigenvalue weighted by atomic mass is 32.2. The van der Waals surface area contributed by atoms with Crippen LogP contribution in [-0.2, 0) is 21.4 Å². The van der Waals surface area contributed by atoms with Crippen molar-refractivity contribution in [1.82, 2.24) is 14.6 Å². The van der Waals surface area contributed by atoms with Gasteiger partial charge in [0.15, 0.2) is 0 Å². The second kappa shape index (κ2) is 8.97. The van der Waals surface area contributed by atoms with Crippen LogP contribution >= 0.6 is 0 Å². The lowest BCUT2D eigenvalue weighted by Crippen LogP contribution is -2.37. The van der Waals surface area contributed by atoms with Gasteiger partial charge in [-0.15, -0.1) is 0 Å². The molecular weight excluding hydrogens is 402 g/mol. The van der Waals surface area contributed by atoms with Crippen molar-refractivity contribution < 1.29 is 17.6 Å². The van der Waals surface area contributed by atoms with Gasteiger partial charge in [-0.05, 0) is 48.4 Å². The van der Waals surface area contributed by atoms with Crippen molar-refractivity contribution in [1.29, 1.82) is 0 Å². The van der Waals surface area contributed by atoms with Crippen LogP contribution in [-0.4, -0.2) is 36.7 Å². The summed E-state index contributed by atoms with van der Waals surface area (Å²) in [6, 6.07) is 10.2. The van der Waals surface area contributed by atoms with Gasteiger partial charge in [-0.1, -0.05) is 20.8 Å². The molecule has 0 bridgehead atoms. The molecule has 0 aliphatic heterocycles. The van der Waals surface area contributed by atoms with Crippen LogP contribution < -0.4 is 5.32 Å². The minimum Gasteiger partial charge on any atom is -0.464 e. The number of hydrogen-bond acceptors (Lipinski definition) is 5. The van der Waals surface area contributed by atoms with E-state index in [-0.39, 0.29) is 23.9 Å². The van der Waals surface area contributed by atoms with Crippen molar-refractivity contribution >= 4 is 26.9 Å². The van der Waals surface area contributed by atoms with Crippen LogP contribution in [0.3, 0.4) is 0 Å². The third kappa shape index (κ3) is 5.25. The molecule has 0 saturated heterocycles. The van der Waals surface area contributed by atoms with Gasteiger partial charge in [0.25, 0.3) is 0 Å². The average Bonchev–Trinajstić information content (AvgIpc) is 3.18. The van der Waals surface area contributed by atoms with Gasteiger partial charge in [-0.3, -0.25) is 9.78 Å². The Kier molecular flexibility index (Phi) is 6.58. The van der Waals surface area contributed by atoms with Crippen LogP contribution in [0.4, 0.5) is 0 Å². The van der Waals surface area contributed by atoms with Crippen LogP contribution in [0.25, 0.3) is 11.0 Å². The maximum absolute atomic E-state index is 13.4. The van der Waals surface area contributed by atoms with E-state index in [0.717, 1.165) is 10.9 Å². The zero-order chi connectivity index (χ0) is 21.8. The fourth-order valence-electron chi connectivity index (χ4n) is 2.95. The van der Waals surface area contributed by atoms with Gasteiger partial charge in [-0.2, -0.15) is 4.31 Å². The minimum atomic E-state index is -3.74. The number of carbonyl (C=O) groups is 1. The number of furan rings is 1. The first-order valence-corrected chi connectivity index (χ1v) is 11.3. The van der Waals surface area contributed by atoms with Gasteiger partial charge in [0, 0.05) is 42.8 Å². The molecule has 3 rings (SSSR count). The van der Waals surface area contributed by atoms with Gasteiger partial charge >= 0.3 is 0 Å². The summed E-state index contributed by atoms with van der Waals surface area (Å²) in [6.45, 7) is 6.43. The van der Waals surface area contributed by atoms with Crippen molar-refractivity contribution in [2.75, 3.05) is 13.1 Å². The van der Waals surface area contributed by atoms with Crippen LogP contribution in [0.5, 0.6) is 0 Å². The highest BCUT2D eigenvalue weighted by Gasteiger charge is 2.25. The summed E-state index contributed by atoms with van der Waals surface area (Å²) >= 11 is 0. The third-order valence-corrected chi connectivity index (χ3v) is 6.56. The normalized spacial score (nSPS) is 12.4. The topological polar surface area (TPSA) is 92.5 Å². The quantitative estimate of drug-likeness (QED) is 0.553. The Morgan fingerprint density at radius 1 is 1.13 bits per heavy atom. The molecule has 1 amide bonds. The van der Waals surface area contributed by atoms with Crippen molar-refractivity contribution in [2.24, 2.45) is 5.41 Å². The highest BCUT2D eigenvalue weighted by Crippen LogP contribution is 2.24. The zero-order valence-corrected chi connectivity index (χ0v) is 18.3. The standard InChI is InChI=1S/C22H27N3O4S/c1-22(2,3)21(26)24-10-4-13-25(16-17-7-11-23-12-8-17)30(27,28)19-5-6-20-18(15-19)9-14-29-20/h5-9,11-12,14-15H,4,10,13,16H2,1-3H3,(H,24,26). The number of fused-ring (bicyclic) bond motifs is 1. The molecule has 3 aromatic rings. The summed E-state index contributed by atoms with van der Waals surface area (Å²) < 4.78 is 33.5. The summed E-state index contributed by atoms with van der Waals surface area (Å²) in [7, 11) is -3.74. The second-order valence-electron chi connectivity index (χ2n) is 8.17. The molecule has 8 heteroatoms. The van der Waals surface area contributed by atoms with E-state index in [1.54, 1.807) is 48.8 Å². The number of nitrogens with zero attached hydrogens (tertiary/aromatic N) is 2. The molecule has 2 aromatic heterocycles. The molecule has 1 N–H and O–H groups in total. The number of pyridine rings is 1. The second-order valence-corrected chi connectivity index (χ2v) is 10.1. The molecule has 0 unspecified atom stereocenters. The van der Waals surface area contributed by atoms with Crippen molar-refractivity contribution in [3.05, 3.63) is 60.6 Å². The Morgan fingerprint density at radius 2 is 1.87 bits per heavy atom. The highest BCUT2D eigenvalue weighted by molar-refractivity contribution is 7.89. The lowest BCUT2D eigenvalue weighted by molar-refractivity contribution is -0.128. The maximum atomic E-state index is 13.4. The number of nitrogens with one attached hydrogen (secondary N) is 1. The van der Waals surface area contributed by atoms with E-state index in [2.05, 4.69) is 10.3 Å². The number of benzene rings is 1. The smallest absolute Gasteiger partial charge is 0.243 e. The largest absolute Gasteiger partial charge is 0.464 e. The predicted molar refractivity (Wildman–Crippen MR) is 115 cm³/mol. The lowest BCUT2D eigenvalue weighted by atomic mass is 9.96. The Labute approximate surface area is 177 Å². The number of rotatable bonds is 8. The van der Waals surface area contributed by atoms with E-state index in [1.807, 2.05) is 20.8 Å². The van der Waals surface area contributed by atoms with Gasteiger partial charge < -0.3 is 9.73 Å². The molecule has 0 radical (unpaired) electrons. The Hall–Kier alpha value is -2.71. The third-order valence-electron chi connectivity index (χ3n) is 4.72. The molecule has 30 heavy (non-hydrogen) atoms. The van der Waals surface area contributed by atoms with E-state index in [1.165, 1.54) is 10.6 Å². The van der Waals surface area contributed by atoms with Crippen molar-refractivity contribution in [3.8, 4) is 0 Å². The lowest BCUT2D eigenvalue weighted by Gasteiger charge is -2.23. The number of aromatic nitrogens is 1. The molecular formula is C22H27N3O4S. The van der Waals surface area contributed by atoms with Crippen LogP contribution in [0.2, 0.25) is 0 Å². The Morgan fingerprint density at radius 3 is 2.57 bits per heavy atom. The average molecular weight is 430 g/mol. The summed E-state index contributed by atoms with van der Waals surface area (Å²) in [4.78, 5) is 16.3. The fraction of sp³-hybridized carbons (Fsp3) is 0.364. The number of carbonyl (C=O) groups excluding carboxylic acids is 1. The van der Waals surface area contributed by atoms with Crippen LogP contribution in [0.15, 0.2) is 64.4 Å². The van der Waals surface area contributed by atoms with Crippen molar-refractivity contribution in [2.45, 2.75) is 38.6 Å². The summed E-state index contributed by atoms with van der Waals surface area (Å²) in [6.07, 6.45) is 5.32. The Balaban J connectivity index is 1.78. The minimum absolute atomic E-state index is 0.0588. The molecule has 0 atom stereocenters. The summed E-state index contributed by atoms with van der Waals surface area (Å²) in [5.41, 5.74) is 0.999. The zero-order valence-electron chi connectivity index (χ0n) is 17.5. The van der Waals surface area contributed by atoms with Gasteiger partial charge in [0.2, 0.25) is 15.9 Å². The molecule has 0 aliphatic carbocycles. The predicted octanol–water partition coefficient (Wildman–Crippen LogP) is 3.57. The first-order chi connectivity index (χ1) is 14.2.